The third-order valence-corrected chi connectivity index (χ3v) is 5.33. The molecule has 0 atom stereocenters. The fourth-order valence-electron chi connectivity index (χ4n) is 1.35. The Labute approximate surface area is 115 Å². The minimum absolute atomic E-state index is 0.0529. The van der Waals surface area contributed by atoms with Gasteiger partial charge in [0.05, 0.1) is 10.7 Å². The van der Waals surface area contributed by atoms with Crippen LogP contribution in [0.3, 0.4) is 0 Å². The molecule has 4 nitrogen and oxygen atoms in total. The summed E-state index contributed by atoms with van der Waals surface area (Å²) in [7, 11) is -3.68. The lowest BCUT2D eigenvalue weighted by molar-refractivity contribution is 0.601. The first kappa shape index (κ1) is 13.3. The Bertz CT molecular complexity index is 661. The van der Waals surface area contributed by atoms with Gasteiger partial charge in [-0.15, -0.1) is 11.3 Å². The van der Waals surface area contributed by atoms with Crippen molar-refractivity contribution in [2.75, 3.05) is 4.72 Å². The number of aromatic nitrogens is 1. The summed E-state index contributed by atoms with van der Waals surface area (Å²) in [5.74, 6) is 0. The highest BCUT2D eigenvalue weighted by molar-refractivity contribution is 7.93. The Balaban J connectivity index is 2.36. The average Bonchev–Trinajstić information content (AvgIpc) is 2.57. The van der Waals surface area contributed by atoms with Gasteiger partial charge in [0.15, 0.2) is 5.13 Å². The first-order valence-electron chi connectivity index (χ1n) is 5.11. The zero-order valence-electron chi connectivity index (χ0n) is 9.77. The van der Waals surface area contributed by atoms with Gasteiger partial charge in [0.25, 0.3) is 10.0 Å². The molecule has 0 saturated carbocycles. The van der Waals surface area contributed by atoms with Crippen LogP contribution >= 0.6 is 22.9 Å². The van der Waals surface area contributed by atoms with Gasteiger partial charge in [-0.05, 0) is 26.0 Å². The molecule has 1 heterocycles. The fourth-order valence-corrected chi connectivity index (χ4v) is 3.92. The maximum atomic E-state index is 12.1. The molecule has 96 valence electrons. The molecule has 0 aliphatic rings. The summed E-state index contributed by atoms with van der Waals surface area (Å²) in [4.78, 5) is 5.17. The summed E-state index contributed by atoms with van der Waals surface area (Å²) in [6, 6.07) is 6.30. The van der Waals surface area contributed by atoms with Crippen molar-refractivity contribution in [2.45, 2.75) is 18.7 Å². The maximum Gasteiger partial charge on any atom is 0.265 e. The van der Waals surface area contributed by atoms with E-state index in [9.17, 15) is 8.42 Å². The lowest BCUT2D eigenvalue weighted by atomic mass is 10.4. The van der Waals surface area contributed by atoms with E-state index < -0.39 is 10.0 Å². The summed E-state index contributed by atoms with van der Waals surface area (Å²) in [6.45, 7) is 3.72. The standard InChI is InChI=1S/C11H11ClN2O2S2/c1-7-8(2)17-11(13-7)14-18(15,16)10-6-4-3-5-9(10)12/h3-6H,1-2H3,(H,13,14). The molecular weight excluding hydrogens is 292 g/mol. The molecule has 1 N–H and O–H groups in total. The fraction of sp³-hybridized carbons (Fsp3) is 0.182. The number of thiazole rings is 1. The Hall–Kier alpha value is -1.11. The Morgan fingerprint density at radius 3 is 2.50 bits per heavy atom. The van der Waals surface area contributed by atoms with Crippen LogP contribution in [0.5, 0.6) is 0 Å². The average molecular weight is 303 g/mol. The van der Waals surface area contributed by atoms with E-state index in [0.29, 0.717) is 5.13 Å². The molecule has 0 aliphatic carbocycles. The molecule has 0 radical (unpaired) electrons. The van der Waals surface area contributed by atoms with Gasteiger partial charge in [-0.2, -0.15) is 0 Å². The molecular formula is C11H11ClN2O2S2. The van der Waals surface area contributed by atoms with E-state index in [1.807, 2.05) is 13.8 Å². The molecule has 7 heteroatoms. The van der Waals surface area contributed by atoms with Crippen LogP contribution in [-0.2, 0) is 10.0 Å². The molecule has 1 aromatic carbocycles. The predicted octanol–water partition coefficient (Wildman–Crippen LogP) is 3.21. The van der Waals surface area contributed by atoms with Crippen LogP contribution in [0.15, 0.2) is 29.2 Å². The zero-order chi connectivity index (χ0) is 13.3. The van der Waals surface area contributed by atoms with E-state index in [1.54, 1.807) is 12.1 Å². The number of hydrogen-bond acceptors (Lipinski definition) is 4. The van der Waals surface area contributed by atoms with Crippen LogP contribution in [-0.4, -0.2) is 13.4 Å². The van der Waals surface area contributed by atoms with E-state index in [4.69, 9.17) is 11.6 Å². The second-order valence-electron chi connectivity index (χ2n) is 3.70. The summed E-state index contributed by atoms with van der Waals surface area (Å²) in [6.07, 6.45) is 0. The minimum atomic E-state index is -3.68. The van der Waals surface area contributed by atoms with Crippen LogP contribution in [0.25, 0.3) is 0 Å². The van der Waals surface area contributed by atoms with Crippen molar-refractivity contribution in [3.05, 3.63) is 39.9 Å². The quantitative estimate of drug-likeness (QED) is 0.947. The third-order valence-electron chi connectivity index (χ3n) is 2.38. The second kappa shape index (κ2) is 4.87. The lowest BCUT2D eigenvalue weighted by Gasteiger charge is -2.06. The van der Waals surface area contributed by atoms with E-state index in [1.165, 1.54) is 23.5 Å². The molecule has 2 aromatic rings. The van der Waals surface area contributed by atoms with Crippen molar-refractivity contribution in [3.63, 3.8) is 0 Å². The molecule has 18 heavy (non-hydrogen) atoms. The third kappa shape index (κ3) is 2.66. The minimum Gasteiger partial charge on any atom is -0.255 e. The highest BCUT2D eigenvalue weighted by Crippen LogP contribution is 2.26. The highest BCUT2D eigenvalue weighted by Gasteiger charge is 2.19. The number of sulfonamides is 1. The molecule has 1 aromatic heterocycles. The van der Waals surface area contributed by atoms with Crippen molar-refractivity contribution in [1.29, 1.82) is 0 Å². The van der Waals surface area contributed by atoms with Crippen molar-refractivity contribution >= 4 is 38.1 Å². The van der Waals surface area contributed by atoms with Crippen LogP contribution in [0.2, 0.25) is 5.02 Å². The van der Waals surface area contributed by atoms with Gasteiger partial charge in [0.2, 0.25) is 0 Å². The van der Waals surface area contributed by atoms with E-state index in [-0.39, 0.29) is 9.92 Å². The molecule has 2 rings (SSSR count). The zero-order valence-corrected chi connectivity index (χ0v) is 12.2. The van der Waals surface area contributed by atoms with Crippen molar-refractivity contribution in [3.8, 4) is 0 Å². The molecule has 0 fully saturated rings. The summed E-state index contributed by atoms with van der Waals surface area (Å²) in [5.41, 5.74) is 0.817. The normalized spacial score (nSPS) is 11.5. The SMILES string of the molecule is Cc1nc(NS(=O)(=O)c2ccccc2Cl)sc1C. The number of halogens is 1. The molecule has 0 amide bonds. The first-order valence-corrected chi connectivity index (χ1v) is 7.79. The van der Waals surface area contributed by atoms with Crippen molar-refractivity contribution < 1.29 is 8.42 Å². The largest absolute Gasteiger partial charge is 0.265 e. The maximum absolute atomic E-state index is 12.1. The number of nitrogens with zero attached hydrogens (tertiary/aromatic N) is 1. The molecule has 0 aliphatic heterocycles. The number of rotatable bonds is 3. The lowest BCUT2D eigenvalue weighted by Crippen LogP contribution is -2.13. The predicted molar refractivity (Wildman–Crippen MR) is 73.8 cm³/mol. The van der Waals surface area contributed by atoms with Crippen molar-refractivity contribution in [2.24, 2.45) is 0 Å². The van der Waals surface area contributed by atoms with E-state index in [0.717, 1.165) is 10.6 Å². The van der Waals surface area contributed by atoms with Gasteiger partial charge in [-0.3, -0.25) is 4.72 Å². The number of aryl methyl sites for hydroxylation is 2. The molecule has 0 spiro atoms. The van der Waals surface area contributed by atoms with Crippen LogP contribution in [0.4, 0.5) is 5.13 Å². The van der Waals surface area contributed by atoms with Crippen molar-refractivity contribution in [1.82, 2.24) is 4.98 Å². The van der Waals surface area contributed by atoms with E-state index >= 15 is 0 Å². The summed E-state index contributed by atoms with van der Waals surface area (Å²) < 4.78 is 26.7. The second-order valence-corrected chi connectivity index (χ2v) is 6.96. The van der Waals surface area contributed by atoms with Gasteiger partial charge >= 0.3 is 0 Å². The molecule has 0 unspecified atom stereocenters. The summed E-state index contributed by atoms with van der Waals surface area (Å²) >= 11 is 7.17. The number of benzene rings is 1. The highest BCUT2D eigenvalue weighted by atomic mass is 35.5. The topological polar surface area (TPSA) is 59.1 Å². The summed E-state index contributed by atoms with van der Waals surface area (Å²) in [5, 5.41) is 0.542. The smallest absolute Gasteiger partial charge is 0.255 e. The number of anilines is 1. The monoisotopic (exact) mass is 302 g/mol. The van der Waals surface area contributed by atoms with E-state index in [2.05, 4.69) is 9.71 Å². The van der Waals surface area contributed by atoms with Crippen LogP contribution in [0.1, 0.15) is 10.6 Å². The first-order chi connectivity index (χ1) is 8.40. The van der Waals surface area contributed by atoms with Crippen LogP contribution in [0, 0.1) is 13.8 Å². The molecule has 0 bridgehead atoms. The molecule has 0 saturated heterocycles. The number of nitrogens with one attached hydrogen (secondary N) is 1. The van der Waals surface area contributed by atoms with Gasteiger partial charge < -0.3 is 0 Å². The Morgan fingerprint density at radius 2 is 1.94 bits per heavy atom. The Kier molecular flexibility index (Phi) is 3.61. The van der Waals surface area contributed by atoms with Gasteiger partial charge in [-0.25, -0.2) is 13.4 Å². The Morgan fingerprint density at radius 1 is 1.28 bits per heavy atom. The number of hydrogen-bond donors (Lipinski definition) is 1. The van der Waals surface area contributed by atoms with Crippen LogP contribution < -0.4 is 4.72 Å². The van der Waals surface area contributed by atoms with Gasteiger partial charge in [-0.1, -0.05) is 23.7 Å². The van der Waals surface area contributed by atoms with Gasteiger partial charge in [0.1, 0.15) is 4.90 Å². The van der Waals surface area contributed by atoms with Gasteiger partial charge in [0, 0.05) is 4.88 Å².